The predicted octanol–water partition coefficient (Wildman–Crippen LogP) is 1.48. The number of aryl methyl sites for hydroxylation is 1. The number of hydrogen-bond acceptors (Lipinski definition) is 4. The van der Waals surface area contributed by atoms with E-state index in [0.717, 1.165) is 15.6 Å². The fourth-order valence-electron chi connectivity index (χ4n) is 1.67. The number of carbonyl (C=O) groups is 1. The van der Waals surface area contributed by atoms with E-state index in [1.807, 2.05) is 25.1 Å². The monoisotopic (exact) mass is 249 g/mol. The van der Waals surface area contributed by atoms with Crippen molar-refractivity contribution in [2.24, 2.45) is 5.73 Å². The highest BCUT2D eigenvalue weighted by Gasteiger charge is 2.15. The van der Waals surface area contributed by atoms with E-state index in [1.165, 1.54) is 11.3 Å². The van der Waals surface area contributed by atoms with Crippen LogP contribution in [0.15, 0.2) is 18.2 Å². The number of anilines is 1. The summed E-state index contributed by atoms with van der Waals surface area (Å²) in [6.07, 6.45) is 0. The third-order valence-corrected chi connectivity index (χ3v) is 3.70. The number of carbonyl (C=O) groups excluding carboxylic acids is 1. The maximum atomic E-state index is 11.8. The van der Waals surface area contributed by atoms with Crippen molar-refractivity contribution in [3.63, 3.8) is 0 Å². The fraction of sp³-hybridized carbons (Fsp3) is 0.250. The minimum absolute atomic E-state index is 0.146. The van der Waals surface area contributed by atoms with E-state index in [9.17, 15) is 4.79 Å². The Labute approximate surface area is 104 Å². The van der Waals surface area contributed by atoms with Crippen LogP contribution in [0.1, 0.15) is 15.2 Å². The summed E-state index contributed by atoms with van der Waals surface area (Å²) < 4.78 is 1.03. The molecule has 0 atom stereocenters. The molecule has 0 aliphatic carbocycles. The lowest BCUT2D eigenvalue weighted by atomic mass is 10.1. The van der Waals surface area contributed by atoms with Crippen molar-refractivity contribution >= 4 is 33.0 Å². The zero-order valence-electron chi connectivity index (χ0n) is 9.62. The molecular weight excluding hydrogens is 234 g/mol. The summed E-state index contributed by atoms with van der Waals surface area (Å²) in [6, 6.07) is 6.01. The normalized spacial score (nSPS) is 10.7. The van der Waals surface area contributed by atoms with Crippen molar-refractivity contribution in [3.05, 3.63) is 28.6 Å². The minimum Gasteiger partial charge on any atom is -0.397 e. The molecule has 1 aromatic heterocycles. The molecule has 5 heteroatoms. The summed E-state index contributed by atoms with van der Waals surface area (Å²) >= 11 is 1.41. The Bertz CT molecular complexity index is 562. The summed E-state index contributed by atoms with van der Waals surface area (Å²) in [5, 5.41) is 3.68. The molecule has 0 aliphatic rings. The van der Waals surface area contributed by atoms with Crippen LogP contribution in [0, 0.1) is 6.92 Å². The molecule has 5 N–H and O–H groups in total. The lowest BCUT2D eigenvalue weighted by Gasteiger charge is -2.01. The van der Waals surface area contributed by atoms with Gasteiger partial charge in [-0.3, -0.25) is 4.79 Å². The van der Waals surface area contributed by atoms with Crippen molar-refractivity contribution in [2.45, 2.75) is 6.92 Å². The number of thiophene rings is 1. The highest BCUT2D eigenvalue weighted by molar-refractivity contribution is 7.21. The topological polar surface area (TPSA) is 81.1 Å². The van der Waals surface area contributed by atoms with E-state index >= 15 is 0 Å². The second-order valence-electron chi connectivity index (χ2n) is 3.89. The first kappa shape index (κ1) is 11.9. The number of fused-ring (bicyclic) bond motifs is 1. The molecular formula is C12H15N3OS. The van der Waals surface area contributed by atoms with Crippen molar-refractivity contribution in [3.8, 4) is 0 Å². The standard InChI is InChI=1S/C12H15N3OS/c1-7-2-3-9-8(6-7)10(14)11(17-9)12(16)15-5-4-13/h2-3,6H,4-5,13-14H2,1H3,(H,15,16). The molecule has 1 amide bonds. The SMILES string of the molecule is Cc1ccc2sc(C(=O)NCCN)c(N)c2c1. The number of nitrogens with one attached hydrogen (secondary N) is 1. The fourth-order valence-corrected chi connectivity index (χ4v) is 2.68. The van der Waals surface area contributed by atoms with Crippen molar-refractivity contribution in [2.75, 3.05) is 18.8 Å². The van der Waals surface area contributed by atoms with E-state index in [0.29, 0.717) is 23.7 Å². The van der Waals surface area contributed by atoms with E-state index in [-0.39, 0.29) is 5.91 Å². The van der Waals surface area contributed by atoms with Gasteiger partial charge in [0.1, 0.15) is 4.88 Å². The van der Waals surface area contributed by atoms with Crippen molar-refractivity contribution in [1.82, 2.24) is 5.32 Å². The highest BCUT2D eigenvalue weighted by atomic mass is 32.1. The number of benzene rings is 1. The molecule has 0 unspecified atom stereocenters. The Kier molecular flexibility index (Phi) is 3.31. The van der Waals surface area contributed by atoms with Crippen LogP contribution in [0.3, 0.4) is 0 Å². The molecule has 1 aromatic carbocycles. The number of nitrogen functional groups attached to an aromatic ring is 1. The van der Waals surface area contributed by atoms with Gasteiger partial charge in [0.15, 0.2) is 0 Å². The zero-order valence-corrected chi connectivity index (χ0v) is 10.4. The number of rotatable bonds is 3. The third-order valence-electron chi connectivity index (χ3n) is 2.52. The van der Waals surface area contributed by atoms with Crippen LogP contribution in [-0.4, -0.2) is 19.0 Å². The first-order valence-electron chi connectivity index (χ1n) is 5.40. The summed E-state index contributed by atoms with van der Waals surface area (Å²) in [7, 11) is 0. The number of amides is 1. The van der Waals surface area contributed by atoms with Gasteiger partial charge in [0.2, 0.25) is 0 Å². The van der Waals surface area contributed by atoms with Gasteiger partial charge in [0.25, 0.3) is 5.91 Å². The molecule has 17 heavy (non-hydrogen) atoms. The Morgan fingerprint density at radius 3 is 2.94 bits per heavy atom. The second kappa shape index (κ2) is 4.73. The van der Waals surface area contributed by atoms with Crippen molar-refractivity contribution in [1.29, 1.82) is 0 Å². The van der Waals surface area contributed by atoms with Crippen molar-refractivity contribution < 1.29 is 4.79 Å². The molecule has 1 heterocycles. The summed E-state index contributed by atoms with van der Waals surface area (Å²) in [6.45, 7) is 2.89. The highest BCUT2D eigenvalue weighted by Crippen LogP contribution is 2.33. The van der Waals surface area contributed by atoms with E-state index in [1.54, 1.807) is 0 Å². The Hall–Kier alpha value is -1.59. The summed E-state index contributed by atoms with van der Waals surface area (Å²) in [4.78, 5) is 12.4. The molecule has 0 fully saturated rings. The van der Waals surface area contributed by atoms with Gasteiger partial charge in [-0.05, 0) is 19.1 Å². The van der Waals surface area contributed by atoms with E-state index in [2.05, 4.69) is 5.32 Å². The maximum Gasteiger partial charge on any atom is 0.263 e. The third kappa shape index (κ3) is 2.25. The molecule has 2 rings (SSSR count). The maximum absolute atomic E-state index is 11.8. The molecule has 0 aliphatic heterocycles. The van der Waals surface area contributed by atoms with Gasteiger partial charge < -0.3 is 16.8 Å². The molecule has 4 nitrogen and oxygen atoms in total. The van der Waals surface area contributed by atoms with Gasteiger partial charge in [-0.25, -0.2) is 0 Å². The Balaban J connectivity index is 2.42. The first-order valence-corrected chi connectivity index (χ1v) is 6.22. The average molecular weight is 249 g/mol. The van der Waals surface area contributed by atoms with Gasteiger partial charge in [0.05, 0.1) is 5.69 Å². The van der Waals surface area contributed by atoms with E-state index < -0.39 is 0 Å². The van der Waals surface area contributed by atoms with Gasteiger partial charge >= 0.3 is 0 Å². The van der Waals surface area contributed by atoms with Gasteiger partial charge in [0, 0.05) is 23.2 Å². The summed E-state index contributed by atoms with van der Waals surface area (Å²) in [5.41, 5.74) is 13.0. The van der Waals surface area contributed by atoms with Crippen LogP contribution in [0.25, 0.3) is 10.1 Å². The zero-order chi connectivity index (χ0) is 12.4. The Morgan fingerprint density at radius 2 is 2.24 bits per heavy atom. The number of nitrogens with two attached hydrogens (primary N) is 2. The van der Waals surface area contributed by atoms with Crippen LogP contribution in [0.5, 0.6) is 0 Å². The predicted molar refractivity (Wildman–Crippen MR) is 72.4 cm³/mol. The quantitative estimate of drug-likeness (QED) is 0.770. The molecule has 2 aromatic rings. The van der Waals surface area contributed by atoms with Gasteiger partial charge in [-0.1, -0.05) is 11.6 Å². The second-order valence-corrected chi connectivity index (χ2v) is 4.94. The molecule has 0 spiro atoms. The largest absolute Gasteiger partial charge is 0.397 e. The molecule has 0 radical (unpaired) electrons. The van der Waals surface area contributed by atoms with Crippen LogP contribution < -0.4 is 16.8 Å². The van der Waals surface area contributed by atoms with Crippen LogP contribution in [0.2, 0.25) is 0 Å². The van der Waals surface area contributed by atoms with Gasteiger partial charge in [-0.2, -0.15) is 0 Å². The first-order chi connectivity index (χ1) is 8.13. The Morgan fingerprint density at radius 1 is 1.47 bits per heavy atom. The van der Waals surface area contributed by atoms with E-state index in [4.69, 9.17) is 11.5 Å². The van der Waals surface area contributed by atoms with Crippen LogP contribution in [-0.2, 0) is 0 Å². The van der Waals surface area contributed by atoms with Gasteiger partial charge in [-0.15, -0.1) is 11.3 Å². The lowest BCUT2D eigenvalue weighted by molar-refractivity contribution is 0.0959. The molecule has 0 saturated heterocycles. The molecule has 0 bridgehead atoms. The lowest BCUT2D eigenvalue weighted by Crippen LogP contribution is -2.28. The van der Waals surface area contributed by atoms with Crippen LogP contribution in [0.4, 0.5) is 5.69 Å². The number of hydrogen-bond donors (Lipinski definition) is 3. The molecule has 90 valence electrons. The summed E-state index contributed by atoms with van der Waals surface area (Å²) in [5.74, 6) is -0.146. The average Bonchev–Trinajstić information content (AvgIpc) is 2.64. The minimum atomic E-state index is -0.146. The molecule has 0 saturated carbocycles. The van der Waals surface area contributed by atoms with Crippen LogP contribution >= 0.6 is 11.3 Å². The smallest absolute Gasteiger partial charge is 0.263 e.